The van der Waals surface area contributed by atoms with Crippen molar-refractivity contribution in [1.29, 1.82) is 0 Å². The molecule has 0 amide bonds. The van der Waals surface area contributed by atoms with Gasteiger partial charge in [0.1, 0.15) is 0 Å². The number of rotatable bonds is 1. The van der Waals surface area contributed by atoms with E-state index in [1.807, 2.05) is 0 Å². The first kappa shape index (κ1) is 16.4. The molecule has 0 saturated carbocycles. The molecule has 0 fully saturated rings. The highest BCUT2D eigenvalue weighted by Crippen LogP contribution is 2.36. The van der Waals surface area contributed by atoms with Gasteiger partial charge in [0.15, 0.2) is 0 Å². The Morgan fingerprint density at radius 2 is 1.60 bits per heavy atom. The topological polar surface area (TPSA) is 3.24 Å². The van der Waals surface area contributed by atoms with Crippen molar-refractivity contribution in [3.63, 3.8) is 0 Å². The molecule has 0 radical (unpaired) electrons. The van der Waals surface area contributed by atoms with Gasteiger partial charge in [-0.1, -0.05) is 81.4 Å². The molecule has 1 heteroatoms. The van der Waals surface area contributed by atoms with Crippen molar-refractivity contribution in [3.8, 4) is 0 Å². The monoisotopic (exact) mass is 329 g/mol. The van der Waals surface area contributed by atoms with E-state index in [0.29, 0.717) is 6.04 Å². The van der Waals surface area contributed by atoms with Crippen LogP contribution in [0.1, 0.15) is 49.1 Å². The van der Waals surface area contributed by atoms with Gasteiger partial charge in [-0.3, -0.25) is 4.90 Å². The molecule has 1 nitrogen and oxygen atoms in total. The summed E-state index contributed by atoms with van der Waals surface area (Å²) in [4.78, 5) is 2.50. The second-order valence-corrected chi connectivity index (χ2v) is 8.43. The molecule has 1 atom stereocenters. The van der Waals surface area contributed by atoms with Gasteiger partial charge in [0.25, 0.3) is 0 Å². The first-order valence-electron chi connectivity index (χ1n) is 9.24. The zero-order valence-electron chi connectivity index (χ0n) is 15.7. The fourth-order valence-corrected chi connectivity index (χ4v) is 4.06. The maximum atomic E-state index is 2.50. The Labute approximate surface area is 151 Å². The molecule has 1 heterocycles. The molecule has 1 aliphatic heterocycles. The summed E-state index contributed by atoms with van der Waals surface area (Å²) in [5.41, 5.74) is 6.04. The lowest BCUT2D eigenvalue weighted by molar-refractivity contribution is 0.219. The smallest absolute Gasteiger partial charge is 0.0389 e. The van der Waals surface area contributed by atoms with Crippen LogP contribution in [0.4, 0.5) is 0 Å². The molecular weight excluding hydrogens is 302 g/mol. The molecule has 0 aromatic heterocycles. The molecule has 3 aromatic carbocycles. The maximum absolute atomic E-state index is 2.50. The van der Waals surface area contributed by atoms with E-state index >= 15 is 0 Å². The van der Waals surface area contributed by atoms with Gasteiger partial charge in [-0.15, -0.1) is 0 Å². The number of benzene rings is 3. The molecule has 3 aromatic rings. The van der Waals surface area contributed by atoms with Crippen molar-refractivity contribution in [2.24, 2.45) is 0 Å². The molecule has 0 aliphatic carbocycles. The van der Waals surface area contributed by atoms with Gasteiger partial charge < -0.3 is 0 Å². The largest absolute Gasteiger partial charge is 0.295 e. The summed E-state index contributed by atoms with van der Waals surface area (Å²) in [5.74, 6) is 0. The number of hydrogen-bond acceptors (Lipinski definition) is 1. The van der Waals surface area contributed by atoms with E-state index in [4.69, 9.17) is 0 Å². The minimum Gasteiger partial charge on any atom is -0.295 e. The standard InChI is InChI=1S/C24H27N/c1-24(2,3)20-13-11-18(12-14-20)23-15-19-10-9-17-7-5-6-8-21(17)22(19)16-25(23)4/h5-14,23H,15-16H2,1-4H3. The predicted molar refractivity (Wildman–Crippen MR) is 107 cm³/mol. The van der Waals surface area contributed by atoms with Crippen LogP contribution in [0.2, 0.25) is 0 Å². The lowest BCUT2D eigenvalue weighted by Gasteiger charge is -2.35. The van der Waals surface area contributed by atoms with E-state index in [2.05, 4.69) is 93.4 Å². The van der Waals surface area contributed by atoms with Crippen molar-refractivity contribution in [1.82, 2.24) is 4.90 Å². The Kier molecular flexibility index (Phi) is 3.92. The summed E-state index contributed by atoms with van der Waals surface area (Å²) in [7, 11) is 2.26. The van der Waals surface area contributed by atoms with Crippen LogP contribution in [0.25, 0.3) is 10.8 Å². The number of likely N-dealkylation sites (N-methyl/N-ethyl adjacent to an activating group) is 1. The van der Waals surface area contributed by atoms with Crippen LogP contribution in [0.5, 0.6) is 0 Å². The van der Waals surface area contributed by atoms with Gasteiger partial charge in [-0.25, -0.2) is 0 Å². The van der Waals surface area contributed by atoms with Crippen molar-refractivity contribution < 1.29 is 0 Å². The molecule has 0 saturated heterocycles. The van der Waals surface area contributed by atoms with E-state index in [1.54, 1.807) is 0 Å². The van der Waals surface area contributed by atoms with E-state index in [-0.39, 0.29) is 5.41 Å². The van der Waals surface area contributed by atoms with Gasteiger partial charge in [0, 0.05) is 12.6 Å². The van der Waals surface area contributed by atoms with Gasteiger partial charge in [0.2, 0.25) is 0 Å². The molecule has 4 rings (SSSR count). The Morgan fingerprint density at radius 1 is 0.880 bits per heavy atom. The second-order valence-electron chi connectivity index (χ2n) is 8.43. The van der Waals surface area contributed by atoms with Crippen LogP contribution in [0.15, 0.2) is 60.7 Å². The van der Waals surface area contributed by atoms with Crippen molar-refractivity contribution in [2.45, 2.75) is 45.2 Å². The zero-order valence-corrected chi connectivity index (χ0v) is 15.7. The fraction of sp³-hybridized carbons (Fsp3) is 0.333. The molecule has 128 valence electrons. The lowest BCUT2D eigenvalue weighted by Crippen LogP contribution is -2.31. The SMILES string of the molecule is CN1Cc2c(ccc3ccccc23)CC1c1ccc(C(C)(C)C)cc1. The van der Waals surface area contributed by atoms with Crippen molar-refractivity contribution >= 4 is 10.8 Å². The van der Waals surface area contributed by atoms with Crippen molar-refractivity contribution in [2.75, 3.05) is 7.05 Å². The van der Waals surface area contributed by atoms with Gasteiger partial charge in [0.05, 0.1) is 0 Å². The summed E-state index contributed by atoms with van der Waals surface area (Å²) in [6, 6.07) is 23.1. The van der Waals surface area contributed by atoms with Crippen LogP contribution in [0, 0.1) is 0 Å². The highest BCUT2D eigenvalue weighted by atomic mass is 15.1. The molecule has 0 spiro atoms. The minimum atomic E-state index is 0.211. The lowest BCUT2D eigenvalue weighted by atomic mass is 9.84. The van der Waals surface area contributed by atoms with Gasteiger partial charge in [-0.2, -0.15) is 0 Å². The second kappa shape index (κ2) is 6.00. The molecule has 25 heavy (non-hydrogen) atoms. The quantitative estimate of drug-likeness (QED) is 0.540. The van der Waals surface area contributed by atoms with E-state index in [1.165, 1.54) is 33.0 Å². The average Bonchev–Trinajstić information content (AvgIpc) is 2.60. The number of fused-ring (bicyclic) bond motifs is 3. The summed E-state index contributed by atoms with van der Waals surface area (Å²) in [5, 5.41) is 2.76. The first-order chi connectivity index (χ1) is 11.9. The fourth-order valence-electron chi connectivity index (χ4n) is 4.06. The van der Waals surface area contributed by atoms with Crippen LogP contribution >= 0.6 is 0 Å². The normalized spacial score (nSPS) is 18.3. The van der Waals surface area contributed by atoms with E-state index in [0.717, 1.165) is 13.0 Å². The molecule has 1 unspecified atom stereocenters. The number of hydrogen-bond donors (Lipinski definition) is 0. The summed E-state index contributed by atoms with van der Waals surface area (Å²) in [6.45, 7) is 7.84. The average molecular weight is 329 g/mol. The zero-order chi connectivity index (χ0) is 17.6. The van der Waals surface area contributed by atoms with Crippen LogP contribution < -0.4 is 0 Å². The van der Waals surface area contributed by atoms with Gasteiger partial charge in [-0.05, 0) is 51.9 Å². The van der Waals surface area contributed by atoms with Crippen LogP contribution in [-0.2, 0) is 18.4 Å². The predicted octanol–water partition coefficient (Wildman–Crippen LogP) is 5.87. The molecule has 0 bridgehead atoms. The number of nitrogens with zero attached hydrogens (tertiary/aromatic N) is 1. The van der Waals surface area contributed by atoms with E-state index < -0.39 is 0 Å². The Balaban J connectivity index is 1.69. The summed E-state index contributed by atoms with van der Waals surface area (Å²) < 4.78 is 0. The summed E-state index contributed by atoms with van der Waals surface area (Å²) >= 11 is 0. The first-order valence-corrected chi connectivity index (χ1v) is 9.24. The summed E-state index contributed by atoms with van der Waals surface area (Å²) in [6.07, 6.45) is 1.09. The molecular formula is C24H27N. The highest BCUT2D eigenvalue weighted by Gasteiger charge is 2.26. The Hall–Kier alpha value is -2.12. The van der Waals surface area contributed by atoms with Crippen LogP contribution in [0.3, 0.4) is 0 Å². The Bertz CT molecular complexity index is 900. The van der Waals surface area contributed by atoms with E-state index in [9.17, 15) is 0 Å². The maximum Gasteiger partial charge on any atom is 0.0389 e. The Morgan fingerprint density at radius 3 is 2.32 bits per heavy atom. The molecule has 0 N–H and O–H groups in total. The third-order valence-corrected chi connectivity index (χ3v) is 5.65. The van der Waals surface area contributed by atoms with Crippen LogP contribution in [-0.4, -0.2) is 11.9 Å². The molecule has 1 aliphatic rings. The third kappa shape index (κ3) is 2.98. The van der Waals surface area contributed by atoms with Crippen molar-refractivity contribution in [3.05, 3.63) is 82.9 Å². The minimum absolute atomic E-state index is 0.211. The highest BCUT2D eigenvalue weighted by molar-refractivity contribution is 5.87. The van der Waals surface area contributed by atoms with Gasteiger partial charge >= 0.3 is 0 Å². The third-order valence-electron chi connectivity index (χ3n) is 5.65.